The molecule has 2 atom stereocenters. The second-order valence-electron chi connectivity index (χ2n) is 4.37. The first-order valence-corrected chi connectivity index (χ1v) is 6.20. The van der Waals surface area contributed by atoms with Gasteiger partial charge >= 0.3 is 5.97 Å². The van der Waals surface area contributed by atoms with Crippen LogP contribution in [0.1, 0.15) is 23.6 Å². The quantitative estimate of drug-likeness (QED) is 0.883. The molecule has 1 saturated heterocycles. The molecule has 2 unspecified atom stereocenters. The van der Waals surface area contributed by atoms with Crippen LogP contribution in [0.25, 0.3) is 0 Å². The fraction of sp³-hybridized carbons (Fsp3) is 0.417. The molecule has 92 valence electrons. The van der Waals surface area contributed by atoms with Crippen molar-refractivity contribution >= 4 is 21.9 Å². The number of benzene rings is 1. The van der Waals surface area contributed by atoms with Gasteiger partial charge in [0.2, 0.25) is 0 Å². The molecular weight excluding hydrogens is 289 g/mol. The maximum atomic E-state index is 13.4. The van der Waals surface area contributed by atoms with Crippen molar-refractivity contribution < 1.29 is 14.3 Å². The number of carboxylic acids is 1. The molecule has 0 spiro atoms. The Balaban J connectivity index is 2.22. The summed E-state index contributed by atoms with van der Waals surface area (Å²) in [4.78, 5) is 10.9. The van der Waals surface area contributed by atoms with E-state index in [0.717, 1.165) is 5.56 Å². The van der Waals surface area contributed by atoms with Crippen LogP contribution in [0.2, 0.25) is 0 Å². The molecule has 0 bridgehead atoms. The van der Waals surface area contributed by atoms with Gasteiger partial charge in [-0.05, 0) is 46.5 Å². The van der Waals surface area contributed by atoms with Gasteiger partial charge < -0.3 is 10.4 Å². The monoisotopic (exact) mass is 301 g/mol. The van der Waals surface area contributed by atoms with Crippen molar-refractivity contribution in [3.63, 3.8) is 0 Å². The summed E-state index contributed by atoms with van der Waals surface area (Å²) >= 11 is 3.17. The number of aliphatic carboxylic acids is 1. The molecule has 1 heterocycles. The molecular formula is C12H13BrFNO2. The first-order chi connectivity index (χ1) is 7.99. The summed E-state index contributed by atoms with van der Waals surface area (Å²) in [6.45, 7) is 2.17. The van der Waals surface area contributed by atoms with Crippen LogP contribution in [0.5, 0.6) is 0 Å². The van der Waals surface area contributed by atoms with Crippen molar-refractivity contribution in [3.8, 4) is 0 Å². The van der Waals surface area contributed by atoms with Gasteiger partial charge in [-0.15, -0.1) is 0 Å². The second-order valence-corrected chi connectivity index (χ2v) is 5.22. The molecule has 5 heteroatoms. The summed E-state index contributed by atoms with van der Waals surface area (Å²) in [5.74, 6) is -1.40. The number of halogens is 2. The zero-order valence-corrected chi connectivity index (χ0v) is 10.9. The van der Waals surface area contributed by atoms with E-state index in [1.807, 2.05) is 0 Å². The van der Waals surface area contributed by atoms with Crippen LogP contribution in [0.4, 0.5) is 4.39 Å². The summed E-state index contributed by atoms with van der Waals surface area (Å²) in [7, 11) is 0. The largest absolute Gasteiger partial charge is 0.481 e. The second kappa shape index (κ2) is 4.74. The Kier molecular flexibility index (Phi) is 3.49. The average Bonchev–Trinajstić information content (AvgIpc) is 2.74. The smallest absolute Gasteiger partial charge is 0.307 e. The molecule has 0 aromatic heterocycles. The highest BCUT2D eigenvalue weighted by molar-refractivity contribution is 9.10. The summed E-state index contributed by atoms with van der Waals surface area (Å²) < 4.78 is 13.9. The highest BCUT2D eigenvalue weighted by Crippen LogP contribution is 2.31. The molecule has 2 N–H and O–H groups in total. The molecule has 3 nitrogen and oxygen atoms in total. The van der Waals surface area contributed by atoms with Gasteiger partial charge in [-0.2, -0.15) is 0 Å². The van der Waals surface area contributed by atoms with Crippen LogP contribution in [0.3, 0.4) is 0 Å². The Bertz CT molecular complexity index is 441. The highest BCUT2D eigenvalue weighted by atomic mass is 79.9. The summed E-state index contributed by atoms with van der Waals surface area (Å²) in [5.41, 5.74) is 1.49. The number of carbonyl (C=O) groups is 1. The van der Waals surface area contributed by atoms with E-state index in [0.29, 0.717) is 23.0 Å². The number of nitrogens with one attached hydrogen (secondary N) is 1. The molecule has 17 heavy (non-hydrogen) atoms. The van der Waals surface area contributed by atoms with E-state index in [-0.39, 0.29) is 17.8 Å². The van der Waals surface area contributed by atoms with E-state index in [9.17, 15) is 9.18 Å². The average molecular weight is 302 g/mol. The number of aryl methyl sites for hydroxylation is 1. The van der Waals surface area contributed by atoms with Gasteiger partial charge in [-0.1, -0.05) is 6.07 Å². The lowest BCUT2D eigenvalue weighted by atomic mass is 9.99. The van der Waals surface area contributed by atoms with Gasteiger partial charge in [0.25, 0.3) is 0 Å². The molecule has 0 amide bonds. The fourth-order valence-electron chi connectivity index (χ4n) is 2.13. The van der Waals surface area contributed by atoms with Crippen molar-refractivity contribution in [3.05, 3.63) is 33.5 Å². The van der Waals surface area contributed by atoms with Crippen molar-refractivity contribution in [2.75, 3.05) is 6.54 Å². The Labute approximate surface area is 107 Å². The molecule has 1 aromatic rings. The van der Waals surface area contributed by atoms with E-state index >= 15 is 0 Å². The molecule has 1 fully saturated rings. The zero-order valence-electron chi connectivity index (χ0n) is 9.34. The van der Waals surface area contributed by atoms with Crippen molar-refractivity contribution in [1.82, 2.24) is 5.32 Å². The SMILES string of the molecule is Cc1cc(C2CC(C(=O)O)CN2)cc(Br)c1F. The number of hydrogen-bond acceptors (Lipinski definition) is 2. The van der Waals surface area contributed by atoms with Crippen LogP contribution in [0.15, 0.2) is 16.6 Å². The Morgan fingerprint density at radius 3 is 2.82 bits per heavy atom. The molecule has 1 aliphatic rings. The van der Waals surface area contributed by atoms with Gasteiger partial charge in [0.05, 0.1) is 10.4 Å². The lowest BCUT2D eigenvalue weighted by Crippen LogP contribution is -2.17. The minimum absolute atomic E-state index is 0.00769. The molecule has 0 radical (unpaired) electrons. The van der Waals surface area contributed by atoms with Gasteiger partial charge in [-0.3, -0.25) is 4.79 Å². The van der Waals surface area contributed by atoms with Crippen LogP contribution >= 0.6 is 15.9 Å². The van der Waals surface area contributed by atoms with Gasteiger partial charge in [0, 0.05) is 12.6 Å². The van der Waals surface area contributed by atoms with E-state index in [4.69, 9.17) is 5.11 Å². The number of carboxylic acid groups (broad SMARTS) is 1. The summed E-state index contributed by atoms with van der Waals surface area (Å²) in [5, 5.41) is 12.1. The molecule has 0 saturated carbocycles. The van der Waals surface area contributed by atoms with E-state index in [2.05, 4.69) is 21.2 Å². The minimum atomic E-state index is -0.780. The lowest BCUT2D eigenvalue weighted by molar-refractivity contribution is -0.141. The Morgan fingerprint density at radius 1 is 1.59 bits per heavy atom. The molecule has 1 aromatic carbocycles. The van der Waals surface area contributed by atoms with Gasteiger partial charge in [-0.25, -0.2) is 4.39 Å². The van der Waals surface area contributed by atoms with E-state index in [1.54, 1.807) is 19.1 Å². The van der Waals surface area contributed by atoms with Gasteiger partial charge in [0.1, 0.15) is 5.82 Å². The third-order valence-electron chi connectivity index (χ3n) is 3.11. The van der Waals surface area contributed by atoms with Crippen molar-refractivity contribution in [2.45, 2.75) is 19.4 Å². The summed E-state index contributed by atoms with van der Waals surface area (Å²) in [6, 6.07) is 3.47. The summed E-state index contributed by atoms with van der Waals surface area (Å²) in [6.07, 6.45) is 0.548. The number of rotatable bonds is 2. The predicted molar refractivity (Wildman–Crippen MR) is 65.3 cm³/mol. The Hall–Kier alpha value is -0.940. The van der Waals surface area contributed by atoms with Crippen molar-refractivity contribution in [2.24, 2.45) is 5.92 Å². The number of hydrogen-bond donors (Lipinski definition) is 2. The van der Waals surface area contributed by atoms with Crippen LogP contribution < -0.4 is 5.32 Å². The van der Waals surface area contributed by atoms with Crippen LogP contribution in [0, 0.1) is 18.7 Å². The zero-order chi connectivity index (χ0) is 12.6. The lowest BCUT2D eigenvalue weighted by Gasteiger charge is -2.12. The van der Waals surface area contributed by atoms with E-state index < -0.39 is 5.97 Å². The highest BCUT2D eigenvalue weighted by Gasteiger charge is 2.30. The molecule has 1 aliphatic heterocycles. The van der Waals surface area contributed by atoms with Crippen molar-refractivity contribution in [1.29, 1.82) is 0 Å². The normalized spacial score (nSPS) is 23.9. The molecule has 2 rings (SSSR count). The third kappa shape index (κ3) is 2.50. The maximum Gasteiger partial charge on any atom is 0.307 e. The first-order valence-electron chi connectivity index (χ1n) is 5.40. The predicted octanol–water partition coefficient (Wildman–Crippen LogP) is 2.63. The molecule has 0 aliphatic carbocycles. The standard InChI is InChI=1S/C12H13BrFNO2/c1-6-2-7(3-9(13)11(6)14)10-4-8(5-15-10)12(16)17/h2-3,8,10,15H,4-5H2,1H3,(H,16,17). The van der Waals surface area contributed by atoms with Gasteiger partial charge in [0.15, 0.2) is 0 Å². The maximum absolute atomic E-state index is 13.4. The minimum Gasteiger partial charge on any atom is -0.481 e. The van der Waals surface area contributed by atoms with Crippen LogP contribution in [-0.4, -0.2) is 17.6 Å². The fourth-order valence-corrected chi connectivity index (χ4v) is 2.71. The Morgan fingerprint density at radius 2 is 2.29 bits per heavy atom. The first kappa shape index (κ1) is 12.5. The topological polar surface area (TPSA) is 49.3 Å². The van der Waals surface area contributed by atoms with E-state index in [1.165, 1.54) is 0 Å². The van der Waals surface area contributed by atoms with Crippen LogP contribution in [-0.2, 0) is 4.79 Å². The third-order valence-corrected chi connectivity index (χ3v) is 3.69.